The standard InChI is InChI=1S/C24H26N6O2S/c1-2-14-30-22(17-8-7-13-25-15-17)28-29-24(30)33-16-21(31)27-20-12-6-5-11-19(20)23(32)26-18-9-3-4-10-18/h2,5-8,11-13,15,18H,1,3-4,9-10,14,16H2,(H,26,32)(H,27,31). The van der Waals surface area contributed by atoms with Gasteiger partial charge in [0.1, 0.15) is 0 Å². The molecule has 0 bridgehead atoms. The molecular weight excluding hydrogens is 436 g/mol. The predicted molar refractivity (Wildman–Crippen MR) is 129 cm³/mol. The lowest BCUT2D eigenvalue weighted by atomic mass is 10.1. The SMILES string of the molecule is C=CCn1c(SCC(=O)Nc2ccccc2C(=O)NC2CCCC2)nnc1-c1cccnc1. The van der Waals surface area contributed by atoms with Gasteiger partial charge in [0.05, 0.1) is 17.0 Å². The molecule has 2 heterocycles. The number of rotatable bonds is 9. The Balaban J connectivity index is 1.42. The maximum Gasteiger partial charge on any atom is 0.253 e. The van der Waals surface area contributed by atoms with Gasteiger partial charge < -0.3 is 10.6 Å². The van der Waals surface area contributed by atoms with Gasteiger partial charge in [0.15, 0.2) is 11.0 Å². The number of hydrogen-bond donors (Lipinski definition) is 2. The van der Waals surface area contributed by atoms with Crippen LogP contribution < -0.4 is 10.6 Å². The van der Waals surface area contributed by atoms with Crippen molar-refractivity contribution in [2.75, 3.05) is 11.1 Å². The smallest absolute Gasteiger partial charge is 0.253 e. The number of hydrogen-bond acceptors (Lipinski definition) is 6. The van der Waals surface area contributed by atoms with Crippen LogP contribution in [0.5, 0.6) is 0 Å². The Bertz CT molecular complexity index is 1120. The number of aromatic nitrogens is 4. The van der Waals surface area contributed by atoms with Gasteiger partial charge in [-0.1, -0.05) is 42.8 Å². The molecule has 0 atom stereocenters. The molecule has 4 rings (SSSR count). The number of pyridine rings is 1. The molecule has 3 aromatic rings. The molecule has 33 heavy (non-hydrogen) atoms. The van der Waals surface area contributed by atoms with Gasteiger partial charge in [-0.25, -0.2) is 0 Å². The molecular formula is C24H26N6O2S. The van der Waals surface area contributed by atoms with Crippen LogP contribution in [0, 0.1) is 0 Å². The number of carbonyl (C=O) groups excluding carboxylic acids is 2. The highest BCUT2D eigenvalue weighted by Gasteiger charge is 2.20. The van der Waals surface area contributed by atoms with E-state index in [1.165, 1.54) is 11.8 Å². The molecule has 1 aliphatic rings. The number of thioether (sulfide) groups is 1. The summed E-state index contributed by atoms with van der Waals surface area (Å²) in [6, 6.07) is 11.0. The Labute approximate surface area is 196 Å². The van der Waals surface area contributed by atoms with Gasteiger partial charge in [0.2, 0.25) is 5.91 Å². The van der Waals surface area contributed by atoms with Crippen molar-refractivity contribution in [1.82, 2.24) is 25.1 Å². The van der Waals surface area contributed by atoms with Gasteiger partial charge in [-0.05, 0) is 37.1 Å². The number of nitrogens with one attached hydrogen (secondary N) is 2. The second-order valence-corrected chi connectivity index (χ2v) is 8.73. The predicted octanol–water partition coefficient (Wildman–Crippen LogP) is 3.93. The first-order valence-electron chi connectivity index (χ1n) is 10.9. The van der Waals surface area contributed by atoms with Crippen molar-refractivity contribution in [1.29, 1.82) is 0 Å². The van der Waals surface area contributed by atoms with E-state index in [0.29, 0.717) is 28.8 Å². The fourth-order valence-corrected chi connectivity index (χ4v) is 4.59. The minimum atomic E-state index is -0.225. The molecule has 0 unspecified atom stereocenters. The zero-order chi connectivity index (χ0) is 23.0. The summed E-state index contributed by atoms with van der Waals surface area (Å²) in [6.45, 7) is 4.31. The second-order valence-electron chi connectivity index (χ2n) is 7.78. The van der Waals surface area contributed by atoms with Crippen LogP contribution in [-0.2, 0) is 11.3 Å². The summed E-state index contributed by atoms with van der Waals surface area (Å²) in [5.41, 5.74) is 1.81. The number of anilines is 1. The monoisotopic (exact) mass is 462 g/mol. The normalized spacial score (nSPS) is 13.6. The topological polar surface area (TPSA) is 102 Å². The largest absolute Gasteiger partial charge is 0.349 e. The number of benzene rings is 1. The van der Waals surface area contributed by atoms with Crippen LogP contribution in [0.2, 0.25) is 0 Å². The van der Waals surface area contributed by atoms with E-state index in [2.05, 4.69) is 32.4 Å². The Kier molecular flexibility index (Phi) is 7.51. The van der Waals surface area contributed by atoms with Crippen molar-refractivity contribution < 1.29 is 9.59 Å². The minimum absolute atomic E-state index is 0.126. The number of amides is 2. The molecule has 8 nitrogen and oxygen atoms in total. The van der Waals surface area contributed by atoms with E-state index in [9.17, 15) is 9.59 Å². The van der Waals surface area contributed by atoms with Crippen molar-refractivity contribution in [3.05, 3.63) is 67.0 Å². The molecule has 2 N–H and O–H groups in total. The summed E-state index contributed by atoms with van der Waals surface area (Å²) in [5, 5.41) is 15.1. The van der Waals surface area contributed by atoms with Gasteiger partial charge in [-0.15, -0.1) is 16.8 Å². The Morgan fingerprint density at radius 1 is 1.15 bits per heavy atom. The van der Waals surface area contributed by atoms with Crippen molar-refractivity contribution >= 4 is 29.3 Å². The third-order valence-corrected chi connectivity index (χ3v) is 6.38. The van der Waals surface area contributed by atoms with Crippen LogP contribution in [0.1, 0.15) is 36.0 Å². The number of para-hydroxylation sites is 1. The number of carbonyl (C=O) groups is 2. The van der Waals surface area contributed by atoms with Crippen molar-refractivity contribution in [3.63, 3.8) is 0 Å². The first kappa shape index (κ1) is 22.7. The lowest BCUT2D eigenvalue weighted by molar-refractivity contribution is -0.113. The van der Waals surface area contributed by atoms with Gasteiger partial charge in [0.25, 0.3) is 5.91 Å². The highest BCUT2D eigenvalue weighted by atomic mass is 32.2. The molecule has 1 aliphatic carbocycles. The van der Waals surface area contributed by atoms with Gasteiger partial charge in [0, 0.05) is 30.5 Å². The van der Waals surface area contributed by atoms with E-state index in [1.807, 2.05) is 16.7 Å². The Morgan fingerprint density at radius 3 is 2.73 bits per heavy atom. The van der Waals surface area contributed by atoms with E-state index < -0.39 is 0 Å². The zero-order valence-corrected chi connectivity index (χ0v) is 19.1. The highest BCUT2D eigenvalue weighted by molar-refractivity contribution is 7.99. The van der Waals surface area contributed by atoms with Crippen LogP contribution in [0.15, 0.2) is 66.6 Å². The molecule has 0 spiro atoms. The fourth-order valence-electron chi connectivity index (χ4n) is 3.84. The molecule has 1 fully saturated rings. The third kappa shape index (κ3) is 5.67. The summed E-state index contributed by atoms with van der Waals surface area (Å²) in [6.07, 6.45) is 9.46. The van der Waals surface area contributed by atoms with E-state index in [0.717, 1.165) is 31.2 Å². The average Bonchev–Trinajstić information content (AvgIpc) is 3.49. The van der Waals surface area contributed by atoms with Crippen molar-refractivity contribution in [3.8, 4) is 11.4 Å². The van der Waals surface area contributed by atoms with E-state index in [-0.39, 0.29) is 23.6 Å². The van der Waals surface area contributed by atoms with E-state index >= 15 is 0 Å². The maximum absolute atomic E-state index is 12.7. The van der Waals surface area contributed by atoms with Crippen molar-refractivity contribution in [2.45, 2.75) is 43.4 Å². The summed E-state index contributed by atoms with van der Waals surface area (Å²) < 4.78 is 1.89. The van der Waals surface area contributed by atoms with Crippen molar-refractivity contribution in [2.24, 2.45) is 0 Å². The van der Waals surface area contributed by atoms with Crippen LogP contribution in [0.4, 0.5) is 5.69 Å². The zero-order valence-electron chi connectivity index (χ0n) is 18.2. The molecule has 2 amide bonds. The minimum Gasteiger partial charge on any atom is -0.349 e. The molecule has 1 saturated carbocycles. The first-order chi connectivity index (χ1) is 16.2. The average molecular weight is 463 g/mol. The van der Waals surface area contributed by atoms with Crippen LogP contribution in [0.25, 0.3) is 11.4 Å². The summed E-state index contributed by atoms with van der Waals surface area (Å²) in [5.74, 6) is 0.412. The lowest BCUT2D eigenvalue weighted by Gasteiger charge is -2.15. The van der Waals surface area contributed by atoms with Crippen LogP contribution in [0.3, 0.4) is 0 Å². The highest BCUT2D eigenvalue weighted by Crippen LogP contribution is 2.24. The molecule has 1 aromatic carbocycles. The Morgan fingerprint density at radius 2 is 1.97 bits per heavy atom. The summed E-state index contributed by atoms with van der Waals surface area (Å²) in [4.78, 5) is 29.6. The van der Waals surface area contributed by atoms with Crippen LogP contribution >= 0.6 is 11.8 Å². The van der Waals surface area contributed by atoms with Crippen LogP contribution in [-0.4, -0.2) is 43.4 Å². The third-order valence-electron chi connectivity index (χ3n) is 5.42. The first-order valence-corrected chi connectivity index (χ1v) is 11.9. The number of allylic oxidation sites excluding steroid dienone is 1. The fraction of sp³-hybridized carbons (Fsp3) is 0.292. The van der Waals surface area contributed by atoms with Gasteiger partial charge in [-0.2, -0.15) is 0 Å². The van der Waals surface area contributed by atoms with E-state index in [4.69, 9.17) is 0 Å². The summed E-state index contributed by atoms with van der Waals surface area (Å²) >= 11 is 1.28. The maximum atomic E-state index is 12.7. The van der Waals surface area contributed by atoms with E-state index in [1.54, 1.807) is 42.7 Å². The summed E-state index contributed by atoms with van der Waals surface area (Å²) in [7, 11) is 0. The van der Waals surface area contributed by atoms with Gasteiger partial charge in [-0.3, -0.25) is 19.1 Å². The Hall–Kier alpha value is -3.46. The molecule has 170 valence electrons. The molecule has 0 aliphatic heterocycles. The van der Waals surface area contributed by atoms with Gasteiger partial charge >= 0.3 is 0 Å². The molecule has 0 saturated heterocycles. The lowest BCUT2D eigenvalue weighted by Crippen LogP contribution is -2.33. The molecule has 9 heteroatoms. The number of nitrogens with zero attached hydrogens (tertiary/aromatic N) is 4. The second kappa shape index (κ2) is 10.9. The molecule has 0 radical (unpaired) electrons. The quantitative estimate of drug-likeness (QED) is 0.369. The molecule has 2 aromatic heterocycles.